The first-order valence-corrected chi connectivity index (χ1v) is 22.5. The van der Waals surface area contributed by atoms with Crippen LogP contribution in [-0.4, -0.2) is 138 Å². The van der Waals surface area contributed by atoms with E-state index >= 15 is 0 Å². The SMILES string of the molecule is C=N/C=C(\SCNc1cc(N2CCN(CC3CN(C(=O)C4CCN(c5ccc6c(c5)C(=O)N(C5CCC(=O)NC5=O)C6=O)CC4)C3)CC2)nc(C)n1)C(=O)Nc1c(C)cccc1Cl. The van der Waals surface area contributed by atoms with Gasteiger partial charge in [0.1, 0.15) is 23.5 Å². The molecule has 0 bridgehead atoms. The number of piperidine rings is 2. The maximum Gasteiger partial charge on any atom is 0.263 e. The molecular weight excluding hydrogens is 846 g/mol. The van der Waals surface area contributed by atoms with Crippen LogP contribution in [0.2, 0.25) is 5.02 Å². The summed E-state index contributed by atoms with van der Waals surface area (Å²) < 4.78 is 0. The molecule has 3 aromatic rings. The van der Waals surface area contributed by atoms with Gasteiger partial charge in [-0.15, -0.1) is 0 Å². The number of carbonyl (C=O) groups is 6. The van der Waals surface area contributed by atoms with Crippen molar-refractivity contribution in [2.45, 2.75) is 45.6 Å². The number of nitrogens with zero attached hydrogens (tertiary/aromatic N) is 8. The van der Waals surface area contributed by atoms with Gasteiger partial charge in [-0.2, -0.15) is 0 Å². The summed E-state index contributed by atoms with van der Waals surface area (Å²) in [5.74, 6) is 0.629. The van der Waals surface area contributed by atoms with Crippen molar-refractivity contribution in [3.8, 4) is 0 Å². The summed E-state index contributed by atoms with van der Waals surface area (Å²) in [4.78, 5) is 100. The molecule has 0 radical (unpaired) electrons. The molecule has 3 N–H and O–H groups in total. The maximum absolute atomic E-state index is 13.5. The number of nitrogens with one attached hydrogen (secondary N) is 3. The van der Waals surface area contributed by atoms with Gasteiger partial charge in [-0.3, -0.25) is 48.9 Å². The van der Waals surface area contributed by atoms with Crippen LogP contribution in [0.25, 0.3) is 0 Å². The van der Waals surface area contributed by atoms with E-state index in [1.807, 2.05) is 43.0 Å². The molecule has 0 saturated carbocycles. The topological polar surface area (TPSA) is 193 Å². The summed E-state index contributed by atoms with van der Waals surface area (Å²) in [5.41, 5.74) is 2.71. The first-order valence-electron chi connectivity index (χ1n) is 21.2. The Balaban J connectivity index is 0.756. The van der Waals surface area contributed by atoms with E-state index in [9.17, 15) is 28.8 Å². The number of halogens is 1. The van der Waals surface area contributed by atoms with Crippen LogP contribution in [-0.2, 0) is 19.2 Å². The molecule has 1 atom stereocenters. The van der Waals surface area contributed by atoms with Gasteiger partial charge in [0, 0.05) is 95.1 Å². The van der Waals surface area contributed by atoms with Crippen molar-refractivity contribution in [2.24, 2.45) is 16.8 Å². The molecule has 4 saturated heterocycles. The van der Waals surface area contributed by atoms with E-state index in [0.717, 1.165) is 67.8 Å². The predicted octanol–water partition coefficient (Wildman–Crippen LogP) is 3.93. The highest BCUT2D eigenvalue weighted by atomic mass is 35.5. The van der Waals surface area contributed by atoms with Gasteiger partial charge < -0.3 is 25.3 Å². The minimum atomic E-state index is -1.00. The molecule has 5 aliphatic rings. The Hall–Kier alpha value is -5.85. The van der Waals surface area contributed by atoms with Crippen LogP contribution >= 0.6 is 23.4 Å². The van der Waals surface area contributed by atoms with Crippen LogP contribution in [0.15, 0.2) is 58.6 Å². The van der Waals surface area contributed by atoms with Crippen molar-refractivity contribution in [1.82, 2.24) is 30.0 Å². The Labute approximate surface area is 374 Å². The molecular formula is C44H50ClN11O6S. The van der Waals surface area contributed by atoms with Crippen LogP contribution in [0.1, 0.15) is 57.8 Å². The molecule has 63 heavy (non-hydrogen) atoms. The predicted molar refractivity (Wildman–Crippen MR) is 242 cm³/mol. The Bertz CT molecular complexity index is 2350. The summed E-state index contributed by atoms with van der Waals surface area (Å²) in [5, 5.41) is 8.87. The van der Waals surface area contributed by atoms with Gasteiger partial charge in [0.25, 0.3) is 17.7 Å². The normalized spacial score (nSPS) is 20.1. The largest absolute Gasteiger partial charge is 0.371 e. The molecule has 1 aromatic heterocycles. The maximum atomic E-state index is 13.5. The van der Waals surface area contributed by atoms with Gasteiger partial charge in [-0.05, 0) is 69.7 Å². The number of aromatic nitrogens is 2. The Morgan fingerprint density at radius 1 is 0.937 bits per heavy atom. The summed E-state index contributed by atoms with van der Waals surface area (Å²) in [6, 6.07) is 11.5. The van der Waals surface area contributed by atoms with Gasteiger partial charge >= 0.3 is 0 Å². The summed E-state index contributed by atoms with van der Waals surface area (Å²) in [6.07, 6.45) is 2.99. The molecule has 17 nitrogen and oxygen atoms in total. The average Bonchev–Trinajstić information content (AvgIpc) is 3.50. The molecule has 1 unspecified atom stereocenters. The van der Waals surface area contributed by atoms with Crippen molar-refractivity contribution in [1.29, 1.82) is 0 Å². The monoisotopic (exact) mass is 895 g/mol. The van der Waals surface area contributed by atoms with Crippen molar-refractivity contribution < 1.29 is 28.8 Å². The number of aryl methyl sites for hydroxylation is 2. The molecule has 330 valence electrons. The first-order chi connectivity index (χ1) is 30.4. The lowest BCUT2D eigenvalue weighted by Crippen LogP contribution is -2.58. The smallest absolute Gasteiger partial charge is 0.263 e. The highest BCUT2D eigenvalue weighted by molar-refractivity contribution is 8.04. The number of piperazine rings is 1. The molecule has 4 fully saturated rings. The lowest BCUT2D eigenvalue weighted by Gasteiger charge is -2.45. The fourth-order valence-corrected chi connectivity index (χ4v) is 9.87. The summed E-state index contributed by atoms with van der Waals surface area (Å²) >= 11 is 7.59. The molecule has 5 aliphatic heterocycles. The van der Waals surface area contributed by atoms with E-state index in [-0.39, 0.29) is 41.7 Å². The minimum absolute atomic E-state index is 0.0635. The van der Waals surface area contributed by atoms with Gasteiger partial charge in [0.15, 0.2) is 0 Å². The van der Waals surface area contributed by atoms with Crippen molar-refractivity contribution in [2.75, 3.05) is 85.2 Å². The number of fused-ring (bicyclic) bond motifs is 1. The third-order valence-corrected chi connectivity index (χ3v) is 13.5. The number of rotatable bonds is 13. The zero-order valence-corrected chi connectivity index (χ0v) is 36.8. The van der Waals surface area contributed by atoms with E-state index in [1.54, 1.807) is 18.2 Å². The fourth-order valence-electron chi connectivity index (χ4n) is 8.89. The molecule has 19 heteroatoms. The number of carbonyl (C=O) groups excluding carboxylic acids is 6. The molecule has 6 amide bonds. The fraction of sp³-hybridized carbons (Fsp3) is 0.432. The van der Waals surface area contributed by atoms with E-state index < -0.39 is 29.7 Å². The number of benzene rings is 2. The first kappa shape index (κ1) is 43.8. The number of amides is 6. The Morgan fingerprint density at radius 2 is 1.68 bits per heavy atom. The third-order valence-electron chi connectivity index (χ3n) is 12.3. The van der Waals surface area contributed by atoms with Crippen molar-refractivity contribution in [3.63, 3.8) is 0 Å². The Kier molecular flexibility index (Phi) is 13.1. The van der Waals surface area contributed by atoms with Gasteiger partial charge in [0.05, 0.1) is 32.6 Å². The molecule has 6 heterocycles. The third kappa shape index (κ3) is 9.57. The van der Waals surface area contributed by atoms with Crippen molar-refractivity contribution in [3.05, 3.63) is 81.1 Å². The Morgan fingerprint density at radius 3 is 2.40 bits per heavy atom. The summed E-state index contributed by atoms with van der Waals surface area (Å²) in [6.45, 7) is 14.4. The number of likely N-dealkylation sites (tertiary alicyclic amines) is 1. The van der Waals surface area contributed by atoms with Gasteiger partial charge in [-0.25, -0.2) is 9.97 Å². The van der Waals surface area contributed by atoms with E-state index in [2.05, 4.69) is 47.3 Å². The highest BCUT2D eigenvalue weighted by Crippen LogP contribution is 2.34. The summed E-state index contributed by atoms with van der Waals surface area (Å²) in [7, 11) is 0. The molecule has 8 rings (SSSR count). The quantitative estimate of drug-likeness (QED) is 0.0969. The van der Waals surface area contributed by atoms with Crippen LogP contribution in [0, 0.1) is 25.7 Å². The highest BCUT2D eigenvalue weighted by Gasteiger charge is 2.45. The second-order valence-electron chi connectivity index (χ2n) is 16.5. The number of hydrogen-bond acceptors (Lipinski definition) is 14. The van der Waals surface area contributed by atoms with Crippen LogP contribution in [0.3, 0.4) is 0 Å². The lowest BCUT2D eigenvalue weighted by atomic mass is 9.91. The zero-order valence-electron chi connectivity index (χ0n) is 35.3. The lowest BCUT2D eigenvalue weighted by molar-refractivity contribution is -0.143. The molecule has 0 aliphatic carbocycles. The number of para-hydroxylation sites is 1. The van der Waals surface area contributed by atoms with E-state index in [0.29, 0.717) is 65.0 Å². The van der Waals surface area contributed by atoms with Crippen molar-refractivity contribution >= 4 is 88.5 Å². The van der Waals surface area contributed by atoms with Crippen LogP contribution < -0.4 is 25.8 Å². The number of imide groups is 2. The average molecular weight is 896 g/mol. The van der Waals surface area contributed by atoms with Crippen LogP contribution in [0.5, 0.6) is 0 Å². The van der Waals surface area contributed by atoms with E-state index in [4.69, 9.17) is 16.6 Å². The minimum Gasteiger partial charge on any atom is -0.371 e. The molecule has 2 aromatic carbocycles. The van der Waals surface area contributed by atoms with E-state index in [1.165, 1.54) is 18.0 Å². The molecule has 0 spiro atoms. The number of aliphatic imine (C=N–C) groups is 1. The standard InChI is InChI=1S/C44H50ClN11O6S/c1-26-5-4-6-33(45)39(26)51-41(59)35(21-46-3)63-25-47-36-20-37(49-27(2)48-36)54-17-15-52(16-18-54)22-28-23-55(24-28)42(60)29-11-13-53(14-12-29)30-7-8-31-32(19-30)44(62)56(43(31)61)34-9-10-38(57)50-40(34)58/h4-8,19-21,28-29,34H,3,9-18,22-25H2,1-2H3,(H,51,59)(H,47,48,49)(H,50,57,58)/b35-21-. The number of anilines is 4. The second kappa shape index (κ2) is 18.9. The van der Waals surface area contributed by atoms with Gasteiger partial charge in [-0.1, -0.05) is 35.5 Å². The zero-order chi connectivity index (χ0) is 44.4. The number of thioether (sulfide) groups is 1. The number of hydrogen-bond donors (Lipinski definition) is 3. The van der Waals surface area contributed by atoms with Crippen LogP contribution in [0.4, 0.5) is 23.0 Å². The second-order valence-corrected chi connectivity index (χ2v) is 17.9. The van der Waals surface area contributed by atoms with Gasteiger partial charge in [0.2, 0.25) is 17.7 Å².